The van der Waals surface area contributed by atoms with Crippen LogP contribution in [0.15, 0.2) is 91.3 Å². The number of nitrogens with zero attached hydrogens (tertiary/aromatic N) is 4. The van der Waals surface area contributed by atoms with Crippen LogP contribution >= 0.6 is 0 Å². The van der Waals surface area contributed by atoms with E-state index >= 15 is 0 Å². The quantitative estimate of drug-likeness (QED) is 0.0369. The van der Waals surface area contributed by atoms with Crippen LogP contribution in [0.1, 0.15) is 149 Å². The van der Waals surface area contributed by atoms with Gasteiger partial charge in [-0.2, -0.15) is 0 Å². The van der Waals surface area contributed by atoms with Crippen LogP contribution in [0.5, 0.6) is 0 Å². The first-order chi connectivity index (χ1) is 32.1. The monoisotopic (exact) mass is 901 g/mol. The third-order valence-corrected chi connectivity index (χ3v) is 12.7. The standard InChI is InChI=1S/C55H77N7O4/c1-6-60(7-2)48-34-36-50-52(42-48)62(47-32-29-43(3)30-33-47)51-41-46(31-35-49(51)61(50)45(5)63)58-54(65)28-22-17-12-9-8-10-14-18-23-37-56-55(66)44(4)57-53(64)27-21-16-13-11-15-19-24-38-59-39-25-20-26-40-59/h20,25-26,29-36,39-42,44H,6-19,21-24,27-28,37-38H2,1-5H3,(H2-,56,57,58,64,65,66)/p+1/t44-/m0/s1. The predicted molar refractivity (Wildman–Crippen MR) is 271 cm³/mol. The summed E-state index contributed by atoms with van der Waals surface area (Å²) in [5, 5.41) is 8.99. The van der Waals surface area contributed by atoms with Gasteiger partial charge in [0.1, 0.15) is 12.6 Å². The van der Waals surface area contributed by atoms with Crippen molar-refractivity contribution in [3.63, 3.8) is 0 Å². The maximum atomic E-state index is 13.2. The second-order valence-corrected chi connectivity index (χ2v) is 18.0. The van der Waals surface area contributed by atoms with E-state index < -0.39 is 6.04 Å². The molecule has 1 aliphatic rings. The van der Waals surface area contributed by atoms with E-state index in [9.17, 15) is 19.2 Å². The number of anilines is 7. The Labute approximate surface area is 395 Å². The van der Waals surface area contributed by atoms with Crippen molar-refractivity contribution in [2.24, 2.45) is 0 Å². The molecule has 11 nitrogen and oxygen atoms in total. The van der Waals surface area contributed by atoms with Crippen molar-refractivity contribution < 1.29 is 23.7 Å². The van der Waals surface area contributed by atoms with Gasteiger partial charge in [0.15, 0.2) is 12.4 Å². The lowest BCUT2D eigenvalue weighted by Gasteiger charge is -2.40. The first kappa shape index (κ1) is 51.3. The highest BCUT2D eigenvalue weighted by atomic mass is 16.2. The minimum atomic E-state index is -0.518. The van der Waals surface area contributed by atoms with E-state index in [1.807, 2.05) is 30.3 Å². The van der Waals surface area contributed by atoms with E-state index in [0.717, 1.165) is 130 Å². The molecule has 0 unspecified atom stereocenters. The zero-order chi connectivity index (χ0) is 47.1. The average Bonchev–Trinajstić information content (AvgIpc) is 3.31. The number of amides is 4. The smallest absolute Gasteiger partial charge is 0.242 e. The van der Waals surface area contributed by atoms with Gasteiger partial charge in [-0.25, -0.2) is 4.57 Å². The highest BCUT2D eigenvalue weighted by Gasteiger charge is 2.32. The SMILES string of the molecule is CCN(CC)c1ccc2c(c1)N(c1ccc(C)cc1)c1cc(NC(=O)CCCCCCCCCCCNC(=O)[C@H](C)NC(=O)CCCCCCCCC[n+]3ccccc3)ccc1N2C(C)=O. The molecule has 0 bridgehead atoms. The number of hydrogen-bond donors (Lipinski definition) is 3. The van der Waals surface area contributed by atoms with Gasteiger partial charge >= 0.3 is 0 Å². The van der Waals surface area contributed by atoms with Crippen LogP contribution in [0.3, 0.4) is 0 Å². The molecule has 66 heavy (non-hydrogen) atoms. The molecule has 356 valence electrons. The zero-order valence-electron chi connectivity index (χ0n) is 40.7. The van der Waals surface area contributed by atoms with Crippen LogP contribution in [0.25, 0.3) is 0 Å². The van der Waals surface area contributed by atoms with E-state index in [1.54, 1.807) is 18.7 Å². The second kappa shape index (κ2) is 27.7. The first-order valence-corrected chi connectivity index (χ1v) is 25.1. The molecule has 5 rings (SSSR count). The Morgan fingerprint density at radius 3 is 1.77 bits per heavy atom. The Morgan fingerprint density at radius 1 is 0.621 bits per heavy atom. The van der Waals surface area contributed by atoms with Gasteiger partial charge in [0, 0.05) is 75.0 Å². The molecule has 0 aliphatic carbocycles. The minimum Gasteiger partial charge on any atom is -0.372 e. The summed E-state index contributed by atoms with van der Waals surface area (Å²) in [5.41, 5.74) is 7.29. The Hall–Kier alpha value is -5.71. The molecule has 3 N–H and O–H groups in total. The van der Waals surface area contributed by atoms with Crippen LogP contribution in [-0.2, 0) is 25.7 Å². The van der Waals surface area contributed by atoms with Crippen molar-refractivity contribution >= 4 is 63.4 Å². The highest BCUT2D eigenvalue weighted by Crippen LogP contribution is 2.53. The Balaban J connectivity index is 0.926. The van der Waals surface area contributed by atoms with Gasteiger partial charge in [0.2, 0.25) is 23.6 Å². The minimum absolute atomic E-state index is 0.00853. The van der Waals surface area contributed by atoms with E-state index in [4.69, 9.17) is 0 Å². The fourth-order valence-electron chi connectivity index (χ4n) is 8.87. The number of nitrogens with one attached hydrogen (secondary N) is 3. The average molecular weight is 901 g/mol. The molecule has 2 heterocycles. The molecule has 11 heteroatoms. The Bertz CT molecular complexity index is 2120. The number of carbonyl (C=O) groups excluding carboxylic acids is 4. The number of fused-ring (bicyclic) bond motifs is 2. The fraction of sp³-hybridized carbons (Fsp3) is 0.509. The third kappa shape index (κ3) is 16.0. The summed E-state index contributed by atoms with van der Waals surface area (Å²) in [4.78, 5) is 57.6. The van der Waals surface area contributed by atoms with Gasteiger partial charge in [0.25, 0.3) is 0 Å². The molecule has 3 aromatic carbocycles. The topological polar surface area (TPSA) is 118 Å². The summed E-state index contributed by atoms with van der Waals surface area (Å²) in [7, 11) is 0. The van der Waals surface area contributed by atoms with E-state index in [-0.39, 0.29) is 23.6 Å². The maximum absolute atomic E-state index is 13.2. The normalized spacial score (nSPS) is 12.3. The number of carbonyl (C=O) groups is 4. The second-order valence-electron chi connectivity index (χ2n) is 18.0. The third-order valence-electron chi connectivity index (χ3n) is 12.7. The first-order valence-electron chi connectivity index (χ1n) is 25.1. The number of hydrogen-bond acceptors (Lipinski definition) is 6. The molecule has 1 atom stereocenters. The molecule has 1 aromatic heterocycles. The van der Waals surface area contributed by atoms with Gasteiger partial charge in [0.05, 0.1) is 22.7 Å². The Kier molecular flexibility index (Phi) is 21.5. The molecular formula is C55H78N7O4+. The molecule has 0 radical (unpaired) electrons. The summed E-state index contributed by atoms with van der Waals surface area (Å²) in [6.07, 6.45) is 22.6. The molecule has 0 saturated heterocycles. The molecule has 4 amide bonds. The lowest BCUT2D eigenvalue weighted by Crippen LogP contribution is -2.45. The van der Waals surface area contributed by atoms with Gasteiger partial charge in [-0.3, -0.25) is 24.1 Å². The van der Waals surface area contributed by atoms with Gasteiger partial charge in [-0.1, -0.05) is 94.4 Å². The fourth-order valence-corrected chi connectivity index (χ4v) is 8.87. The highest BCUT2D eigenvalue weighted by molar-refractivity contribution is 6.11. The van der Waals surface area contributed by atoms with Crippen molar-refractivity contribution in [2.45, 2.75) is 163 Å². The van der Waals surface area contributed by atoms with Crippen LogP contribution in [-0.4, -0.2) is 49.3 Å². The largest absolute Gasteiger partial charge is 0.372 e. The lowest BCUT2D eigenvalue weighted by molar-refractivity contribution is -0.697. The van der Waals surface area contributed by atoms with Crippen LogP contribution in [0.2, 0.25) is 0 Å². The maximum Gasteiger partial charge on any atom is 0.242 e. The zero-order valence-corrected chi connectivity index (χ0v) is 40.7. The van der Waals surface area contributed by atoms with Crippen molar-refractivity contribution in [1.82, 2.24) is 10.6 Å². The summed E-state index contributed by atoms with van der Waals surface area (Å²) in [5.74, 6) is -0.242. The van der Waals surface area contributed by atoms with E-state index in [2.05, 4.69) is 112 Å². The van der Waals surface area contributed by atoms with Crippen LogP contribution in [0, 0.1) is 6.92 Å². The number of rotatable bonds is 29. The molecule has 1 aliphatic heterocycles. The lowest BCUT2D eigenvalue weighted by atomic mass is 10.0. The summed E-state index contributed by atoms with van der Waals surface area (Å²) in [6, 6.07) is 26.2. The van der Waals surface area contributed by atoms with Gasteiger partial charge in [-0.05, 0) is 102 Å². The van der Waals surface area contributed by atoms with Crippen LogP contribution < -0.4 is 35.2 Å². The number of unbranched alkanes of at least 4 members (excludes halogenated alkanes) is 14. The number of aromatic nitrogens is 1. The summed E-state index contributed by atoms with van der Waals surface area (Å²) < 4.78 is 2.23. The molecular weight excluding hydrogens is 823 g/mol. The van der Waals surface area contributed by atoms with E-state index in [0.29, 0.717) is 25.1 Å². The summed E-state index contributed by atoms with van der Waals surface area (Å²) >= 11 is 0. The van der Waals surface area contributed by atoms with Gasteiger partial charge < -0.3 is 25.8 Å². The number of aryl methyl sites for hydroxylation is 2. The molecule has 0 fully saturated rings. The molecule has 0 saturated carbocycles. The molecule has 4 aromatic rings. The predicted octanol–water partition coefficient (Wildman–Crippen LogP) is 11.9. The summed E-state index contributed by atoms with van der Waals surface area (Å²) in [6.45, 7) is 13.2. The molecule has 0 spiro atoms. The van der Waals surface area contributed by atoms with Gasteiger partial charge in [-0.15, -0.1) is 0 Å². The van der Waals surface area contributed by atoms with Crippen molar-refractivity contribution in [3.05, 3.63) is 96.8 Å². The van der Waals surface area contributed by atoms with Crippen LogP contribution in [0.4, 0.5) is 39.8 Å². The Morgan fingerprint density at radius 2 is 1.17 bits per heavy atom. The number of pyridine rings is 1. The van der Waals surface area contributed by atoms with Crippen molar-refractivity contribution in [1.29, 1.82) is 0 Å². The van der Waals surface area contributed by atoms with Crippen molar-refractivity contribution in [2.75, 3.05) is 39.7 Å². The van der Waals surface area contributed by atoms with E-state index in [1.165, 1.54) is 32.1 Å². The van der Waals surface area contributed by atoms with Crippen molar-refractivity contribution in [3.8, 4) is 0 Å². The number of benzene rings is 3.